The van der Waals surface area contributed by atoms with Crippen LogP contribution in [-0.4, -0.2) is 35.2 Å². The highest BCUT2D eigenvalue weighted by Crippen LogP contribution is 2.39. The lowest BCUT2D eigenvalue weighted by molar-refractivity contribution is 0.331. The minimum Gasteiger partial charge on any atom is -0.400 e. The molecule has 40 heavy (non-hydrogen) atoms. The van der Waals surface area contributed by atoms with E-state index < -0.39 is 0 Å². The molecule has 0 radical (unpaired) electrons. The normalized spacial score (nSPS) is 11.9. The molecule has 3 N–H and O–H groups in total. The second-order valence-electron chi connectivity index (χ2n) is 9.16. The summed E-state index contributed by atoms with van der Waals surface area (Å²) in [6.45, 7) is 9.51. The number of hydrogen-bond donors (Lipinski definition) is 3. The second-order valence-corrected chi connectivity index (χ2v) is 10.2. The van der Waals surface area contributed by atoms with E-state index in [1.54, 1.807) is 18.0 Å². The molecule has 4 rings (SSSR count). The third-order valence-corrected chi connectivity index (χ3v) is 7.52. The van der Waals surface area contributed by atoms with E-state index in [0.717, 1.165) is 57.5 Å². The van der Waals surface area contributed by atoms with Gasteiger partial charge in [-0.15, -0.1) is 19.3 Å². The molecule has 0 amide bonds. The molecule has 2 aromatic carbocycles. The summed E-state index contributed by atoms with van der Waals surface area (Å²) in [5.41, 5.74) is 7.16. The Morgan fingerprint density at radius 2 is 1.75 bits per heavy atom. The van der Waals surface area contributed by atoms with Crippen molar-refractivity contribution >= 4 is 28.8 Å². The zero-order valence-electron chi connectivity index (χ0n) is 23.7. The number of aryl methyl sites for hydroxylation is 1. The number of hydrogen-bond acceptors (Lipinski definition) is 7. The van der Waals surface area contributed by atoms with Crippen molar-refractivity contribution in [2.75, 3.05) is 30.8 Å². The van der Waals surface area contributed by atoms with Gasteiger partial charge in [0.1, 0.15) is 6.07 Å². The number of rotatable bonds is 8. The van der Waals surface area contributed by atoms with E-state index in [1.807, 2.05) is 31.2 Å². The number of nitrogens with zero attached hydrogens (tertiary/aromatic N) is 3. The SMILES string of the molecule is C#C.C#Cc1cccc(Nc2c(C#N)cnc(C)c2SC(Nc2ccc(CN3CCCC3)cc2)=C(C)C)c1.CO. The molecule has 0 atom stereocenters. The minimum absolute atomic E-state index is 0.480. The first kappa shape index (κ1) is 32.0. The summed E-state index contributed by atoms with van der Waals surface area (Å²) in [6.07, 6.45) is 17.8. The van der Waals surface area contributed by atoms with Crippen molar-refractivity contribution in [3.05, 3.63) is 87.7 Å². The summed E-state index contributed by atoms with van der Waals surface area (Å²) >= 11 is 1.58. The molecule has 0 bridgehead atoms. The van der Waals surface area contributed by atoms with Crippen molar-refractivity contribution in [2.45, 2.75) is 45.1 Å². The Bertz CT molecular complexity index is 1390. The summed E-state index contributed by atoms with van der Waals surface area (Å²) in [6, 6.07) is 18.6. The number of anilines is 3. The number of thioether (sulfide) groups is 1. The lowest BCUT2D eigenvalue weighted by Crippen LogP contribution is -2.18. The van der Waals surface area contributed by atoms with Crippen LogP contribution in [0.4, 0.5) is 17.1 Å². The van der Waals surface area contributed by atoms with Gasteiger partial charge in [0.25, 0.3) is 0 Å². The Morgan fingerprint density at radius 1 is 1.07 bits per heavy atom. The van der Waals surface area contributed by atoms with Crippen LogP contribution in [0.25, 0.3) is 0 Å². The molecule has 1 fully saturated rings. The van der Waals surface area contributed by atoms with E-state index in [-0.39, 0.29) is 0 Å². The largest absolute Gasteiger partial charge is 0.400 e. The Labute approximate surface area is 243 Å². The van der Waals surface area contributed by atoms with E-state index in [4.69, 9.17) is 11.5 Å². The zero-order chi connectivity index (χ0) is 29.5. The highest BCUT2D eigenvalue weighted by atomic mass is 32.2. The van der Waals surface area contributed by atoms with Crippen molar-refractivity contribution in [3.63, 3.8) is 0 Å². The van der Waals surface area contributed by atoms with E-state index in [1.165, 1.54) is 31.5 Å². The van der Waals surface area contributed by atoms with Crippen LogP contribution in [0.5, 0.6) is 0 Å². The number of aliphatic hydroxyl groups is 1. The van der Waals surface area contributed by atoms with Crippen molar-refractivity contribution in [1.29, 1.82) is 5.26 Å². The summed E-state index contributed by atoms with van der Waals surface area (Å²) in [5.74, 6) is 2.66. The maximum Gasteiger partial charge on any atom is 0.103 e. The quantitative estimate of drug-likeness (QED) is 0.208. The first-order valence-electron chi connectivity index (χ1n) is 12.9. The van der Waals surface area contributed by atoms with Gasteiger partial charge in [-0.3, -0.25) is 9.88 Å². The van der Waals surface area contributed by atoms with Crippen molar-refractivity contribution < 1.29 is 5.11 Å². The lowest BCUT2D eigenvalue weighted by atomic mass is 10.1. The number of nitrogens with one attached hydrogen (secondary N) is 2. The maximum absolute atomic E-state index is 9.82. The van der Waals surface area contributed by atoms with Gasteiger partial charge in [0, 0.05) is 36.8 Å². The molecule has 3 aromatic rings. The summed E-state index contributed by atoms with van der Waals surface area (Å²) in [7, 11) is 1.00. The zero-order valence-corrected chi connectivity index (χ0v) is 24.5. The molecule has 0 unspecified atom stereocenters. The van der Waals surface area contributed by atoms with Gasteiger partial charge in [0.2, 0.25) is 0 Å². The molecule has 1 saturated heterocycles. The Balaban J connectivity index is 0.00000134. The van der Waals surface area contributed by atoms with E-state index in [9.17, 15) is 5.26 Å². The number of nitriles is 1. The number of terminal acetylenes is 2. The Morgan fingerprint density at radius 3 is 2.35 bits per heavy atom. The van der Waals surface area contributed by atoms with Crippen molar-refractivity contribution in [2.24, 2.45) is 0 Å². The van der Waals surface area contributed by atoms with Gasteiger partial charge in [-0.05, 0) is 88.2 Å². The van der Waals surface area contributed by atoms with E-state index in [0.29, 0.717) is 5.56 Å². The monoisotopic (exact) mass is 551 g/mol. The fraction of sp³-hybridized carbons (Fsp3) is 0.273. The number of aliphatic hydroxyl groups excluding tert-OH is 1. The summed E-state index contributed by atoms with van der Waals surface area (Å²) in [4.78, 5) is 7.90. The van der Waals surface area contributed by atoms with Gasteiger partial charge in [0.15, 0.2) is 0 Å². The predicted molar refractivity (Wildman–Crippen MR) is 168 cm³/mol. The molecule has 7 heteroatoms. The van der Waals surface area contributed by atoms with Crippen LogP contribution in [0.1, 0.15) is 49.1 Å². The Hall–Kier alpha value is -4.19. The Kier molecular flexibility index (Phi) is 13.4. The van der Waals surface area contributed by atoms with Gasteiger partial charge in [-0.2, -0.15) is 5.26 Å². The minimum atomic E-state index is 0.480. The van der Waals surface area contributed by atoms with Crippen LogP contribution in [0.3, 0.4) is 0 Å². The predicted octanol–water partition coefficient (Wildman–Crippen LogP) is 6.90. The third-order valence-electron chi connectivity index (χ3n) is 6.11. The van der Waals surface area contributed by atoms with Crippen molar-refractivity contribution in [1.82, 2.24) is 9.88 Å². The first-order valence-corrected chi connectivity index (χ1v) is 13.7. The molecule has 6 nitrogen and oxygen atoms in total. The number of benzene rings is 2. The molecule has 206 valence electrons. The molecule has 2 heterocycles. The topological polar surface area (TPSA) is 84.2 Å². The van der Waals surface area contributed by atoms with Crippen LogP contribution >= 0.6 is 11.8 Å². The number of aromatic nitrogens is 1. The molecule has 0 saturated carbocycles. The third kappa shape index (κ3) is 8.94. The molecular weight excluding hydrogens is 514 g/mol. The van der Waals surface area contributed by atoms with Crippen LogP contribution in [-0.2, 0) is 6.54 Å². The highest BCUT2D eigenvalue weighted by molar-refractivity contribution is 8.03. The molecule has 1 aliphatic heterocycles. The van der Waals surface area contributed by atoms with Gasteiger partial charge >= 0.3 is 0 Å². The fourth-order valence-electron chi connectivity index (χ4n) is 4.13. The fourth-order valence-corrected chi connectivity index (χ4v) is 5.17. The van der Waals surface area contributed by atoms with Crippen molar-refractivity contribution in [3.8, 4) is 31.3 Å². The lowest BCUT2D eigenvalue weighted by Gasteiger charge is -2.19. The van der Waals surface area contributed by atoms with Gasteiger partial charge in [0.05, 0.1) is 26.9 Å². The average Bonchev–Trinajstić information content (AvgIpc) is 3.50. The number of pyridine rings is 1. The second kappa shape index (κ2) is 16.7. The molecule has 1 aliphatic rings. The average molecular weight is 552 g/mol. The first-order chi connectivity index (χ1) is 19.5. The summed E-state index contributed by atoms with van der Waals surface area (Å²) in [5, 5.41) is 24.8. The number of likely N-dealkylation sites (tertiary alicyclic amines) is 1. The molecular formula is C33H37N5OS. The molecule has 1 aromatic heterocycles. The van der Waals surface area contributed by atoms with Gasteiger partial charge in [-0.1, -0.05) is 35.9 Å². The smallest absolute Gasteiger partial charge is 0.103 e. The standard InChI is InChI=1S/C30H31N5S.C2H2.CH4O/c1-5-23-9-8-10-27(17-23)33-28-25(18-31)19-32-22(4)29(28)36-30(21(2)3)34-26-13-11-24(12-14-26)20-35-15-6-7-16-35;2*1-2/h1,8-14,17,19,34H,6-7,15-16,20H2,2-4H3,(H,32,33);1-2H;2H,1H3. The van der Waals surface area contributed by atoms with Crippen LogP contribution in [0.2, 0.25) is 0 Å². The van der Waals surface area contributed by atoms with E-state index in [2.05, 4.69) is 83.5 Å². The van der Waals surface area contributed by atoms with Gasteiger partial charge < -0.3 is 15.7 Å². The summed E-state index contributed by atoms with van der Waals surface area (Å²) < 4.78 is 0. The van der Waals surface area contributed by atoms with Gasteiger partial charge in [-0.25, -0.2) is 0 Å². The van der Waals surface area contributed by atoms with Crippen LogP contribution in [0, 0.1) is 43.4 Å². The van der Waals surface area contributed by atoms with Crippen LogP contribution < -0.4 is 10.6 Å². The molecule has 0 spiro atoms. The maximum atomic E-state index is 9.82. The number of allylic oxidation sites excluding steroid dienone is 1. The van der Waals surface area contributed by atoms with Crippen LogP contribution in [0.15, 0.2) is 70.2 Å². The molecule has 0 aliphatic carbocycles. The van der Waals surface area contributed by atoms with E-state index >= 15 is 0 Å². The highest BCUT2D eigenvalue weighted by Gasteiger charge is 2.17.